The Morgan fingerprint density at radius 3 is 2.36 bits per heavy atom. The first-order chi connectivity index (χ1) is 21.1. The van der Waals surface area contributed by atoms with Crippen LogP contribution < -0.4 is 24.6 Å². The van der Waals surface area contributed by atoms with E-state index in [4.69, 9.17) is 9.47 Å². The number of ether oxygens (including phenoxy) is 2. The van der Waals surface area contributed by atoms with Gasteiger partial charge in [-0.25, -0.2) is 13.8 Å². The van der Waals surface area contributed by atoms with Gasteiger partial charge in [-0.15, -0.1) is 0 Å². The van der Waals surface area contributed by atoms with Crippen LogP contribution in [0.25, 0.3) is 0 Å². The number of hydrogen-bond donors (Lipinski definition) is 2. The van der Waals surface area contributed by atoms with E-state index < -0.39 is 5.92 Å². The van der Waals surface area contributed by atoms with E-state index in [1.54, 1.807) is 17.0 Å². The first kappa shape index (κ1) is 32.3. The maximum atomic E-state index is 13.8. The van der Waals surface area contributed by atoms with Crippen LogP contribution in [-0.4, -0.2) is 69.2 Å². The van der Waals surface area contributed by atoms with Crippen molar-refractivity contribution in [3.05, 3.63) is 35.9 Å². The Morgan fingerprint density at radius 2 is 1.70 bits per heavy atom. The Morgan fingerprint density at radius 1 is 1.00 bits per heavy atom. The molecule has 1 aliphatic carbocycles. The Hall–Kier alpha value is -3.12. The fourth-order valence-electron chi connectivity index (χ4n) is 5.78. The van der Waals surface area contributed by atoms with Crippen LogP contribution in [0.5, 0.6) is 5.75 Å². The Labute approximate surface area is 262 Å². The minimum absolute atomic E-state index is 0.155. The minimum Gasteiger partial charge on any atom is -0.493 e. The second kappa shape index (κ2) is 13.9. The maximum absolute atomic E-state index is 13.8. The number of benzene rings is 1. The van der Waals surface area contributed by atoms with Crippen molar-refractivity contribution in [1.29, 1.82) is 0 Å². The lowest BCUT2D eigenvalue weighted by Gasteiger charge is -2.35. The summed E-state index contributed by atoms with van der Waals surface area (Å²) in [4.78, 5) is 35.1. The van der Waals surface area contributed by atoms with Gasteiger partial charge in [-0.05, 0) is 79.3 Å². The van der Waals surface area contributed by atoms with Crippen LogP contribution in [0, 0.1) is 11.3 Å². The van der Waals surface area contributed by atoms with Crippen molar-refractivity contribution in [3.63, 3.8) is 0 Å². The molecule has 2 saturated heterocycles. The summed E-state index contributed by atoms with van der Waals surface area (Å²) in [5.74, 6) is -1.66. The molecule has 0 bridgehead atoms. The fraction of sp³-hybridized carbons (Fsp3) is 0.594. The van der Waals surface area contributed by atoms with Crippen LogP contribution in [0.4, 0.5) is 26.1 Å². The molecule has 1 saturated carbocycles. The largest absolute Gasteiger partial charge is 0.493 e. The average molecular weight is 632 g/mol. The van der Waals surface area contributed by atoms with Crippen molar-refractivity contribution in [2.75, 3.05) is 61.6 Å². The number of aromatic nitrogens is 1. The standard InChI is InChI=1S/C32H43F2N5O4S/c1-22(2)20-28(40)43-19-14-35-44-23-4-5-24(25(21-23)38-15-10-31(8-9-31)11-16-38)30(41)37-27-7-6-26(42-3)29(36-27)39-17-12-32(33,34)13-18-39/h4-7,21-22,35H,8-20H2,1-3H3,(H,36,37,41). The summed E-state index contributed by atoms with van der Waals surface area (Å²) in [7, 11) is 1.52. The highest BCUT2D eigenvalue weighted by molar-refractivity contribution is 7.97. The number of halogens is 2. The topological polar surface area (TPSA) is 96.0 Å². The van der Waals surface area contributed by atoms with Gasteiger partial charge in [0.2, 0.25) is 0 Å². The van der Waals surface area contributed by atoms with Crippen LogP contribution in [-0.2, 0) is 9.53 Å². The molecule has 2 aliphatic heterocycles. The quantitative estimate of drug-likeness (QED) is 0.163. The number of piperidine rings is 2. The number of pyridine rings is 1. The number of anilines is 3. The summed E-state index contributed by atoms with van der Waals surface area (Å²) >= 11 is 1.44. The number of carbonyl (C=O) groups is 2. The van der Waals surface area contributed by atoms with Crippen molar-refractivity contribution in [3.8, 4) is 5.75 Å². The highest BCUT2D eigenvalue weighted by Crippen LogP contribution is 2.54. The number of esters is 1. The monoisotopic (exact) mass is 631 g/mol. The van der Waals surface area contributed by atoms with Crippen LogP contribution in [0.2, 0.25) is 0 Å². The van der Waals surface area contributed by atoms with Gasteiger partial charge in [0, 0.05) is 56.9 Å². The lowest BCUT2D eigenvalue weighted by Crippen LogP contribution is -2.40. The normalized spacial score (nSPS) is 18.8. The number of amides is 1. The van der Waals surface area contributed by atoms with Gasteiger partial charge in [-0.2, -0.15) is 0 Å². The molecule has 1 aromatic carbocycles. The highest BCUT2D eigenvalue weighted by atomic mass is 32.2. The van der Waals surface area contributed by atoms with Crippen molar-refractivity contribution in [1.82, 2.24) is 9.71 Å². The average Bonchev–Trinajstić information content (AvgIpc) is 3.75. The van der Waals surface area contributed by atoms with Crippen LogP contribution in [0.1, 0.15) is 69.2 Å². The van der Waals surface area contributed by atoms with Gasteiger partial charge in [-0.3, -0.25) is 14.3 Å². The lowest BCUT2D eigenvalue weighted by atomic mass is 9.93. The fourth-order valence-corrected chi connectivity index (χ4v) is 6.44. The van der Waals surface area contributed by atoms with E-state index in [0.29, 0.717) is 41.3 Å². The van der Waals surface area contributed by atoms with Crippen molar-refractivity contribution < 1.29 is 27.8 Å². The van der Waals surface area contributed by atoms with Crippen molar-refractivity contribution in [2.24, 2.45) is 11.3 Å². The van der Waals surface area contributed by atoms with E-state index in [0.717, 1.165) is 36.5 Å². The van der Waals surface area contributed by atoms with E-state index in [-0.39, 0.29) is 50.3 Å². The van der Waals surface area contributed by atoms with Gasteiger partial charge in [0.05, 0.1) is 18.4 Å². The molecule has 12 heteroatoms. The summed E-state index contributed by atoms with van der Waals surface area (Å²) in [6, 6.07) is 9.13. The molecule has 0 radical (unpaired) electrons. The van der Waals surface area contributed by atoms with Crippen LogP contribution in [0.15, 0.2) is 35.2 Å². The first-order valence-corrected chi connectivity index (χ1v) is 16.3. The van der Waals surface area contributed by atoms with Gasteiger partial charge in [-0.1, -0.05) is 13.8 Å². The van der Waals surface area contributed by atoms with E-state index in [2.05, 4.69) is 19.9 Å². The zero-order chi connectivity index (χ0) is 31.3. The molecule has 0 unspecified atom stereocenters. The lowest BCUT2D eigenvalue weighted by molar-refractivity contribution is -0.144. The number of carbonyl (C=O) groups excluding carboxylic acids is 2. The van der Waals surface area contributed by atoms with Crippen LogP contribution >= 0.6 is 11.9 Å². The molecule has 44 heavy (non-hydrogen) atoms. The molecular formula is C32H43F2N5O4S. The SMILES string of the molecule is COc1ccc(NC(=O)c2ccc(SNCCOC(=O)CC(C)C)cc2N2CCC3(CC2)CC3)nc1N1CCC(F)(F)CC1. The van der Waals surface area contributed by atoms with Crippen molar-refractivity contribution >= 4 is 41.1 Å². The van der Waals surface area contributed by atoms with Gasteiger partial charge in [0.1, 0.15) is 12.4 Å². The zero-order valence-electron chi connectivity index (χ0n) is 25.8. The summed E-state index contributed by atoms with van der Waals surface area (Å²) in [5, 5.41) is 2.94. The molecule has 1 amide bonds. The van der Waals surface area contributed by atoms with Gasteiger partial charge < -0.3 is 24.6 Å². The minimum atomic E-state index is -2.68. The molecule has 240 valence electrons. The van der Waals surface area contributed by atoms with Crippen LogP contribution in [0.3, 0.4) is 0 Å². The molecule has 2 N–H and O–H groups in total. The summed E-state index contributed by atoms with van der Waals surface area (Å²) in [6.07, 6.45) is 4.70. The molecule has 5 rings (SSSR count). The first-order valence-electron chi connectivity index (χ1n) is 15.5. The number of nitrogens with one attached hydrogen (secondary N) is 2. The summed E-state index contributed by atoms with van der Waals surface area (Å²) in [6.45, 7) is 6.83. The van der Waals surface area contributed by atoms with Crippen molar-refractivity contribution in [2.45, 2.75) is 69.6 Å². The maximum Gasteiger partial charge on any atom is 0.306 e. The Kier molecular flexibility index (Phi) is 10.2. The molecule has 3 aliphatic rings. The number of alkyl halides is 2. The van der Waals surface area contributed by atoms with E-state index in [1.165, 1.54) is 31.9 Å². The van der Waals surface area contributed by atoms with E-state index in [9.17, 15) is 18.4 Å². The third kappa shape index (κ3) is 8.32. The summed E-state index contributed by atoms with van der Waals surface area (Å²) in [5.41, 5.74) is 1.89. The smallest absolute Gasteiger partial charge is 0.306 e. The molecular weight excluding hydrogens is 588 g/mol. The number of hydrogen-bond acceptors (Lipinski definition) is 9. The molecule has 1 spiro atoms. The molecule has 0 atom stereocenters. The number of rotatable bonds is 12. The highest BCUT2D eigenvalue weighted by Gasteiger charge is 2.44. The predicted octanol–water partition coefficient (Wildman–Crippen LogP) is 6.14. The Balaban J connectivity index is 1.28. The third-order valence-electron chi connectivity index (χ3n) is 8.66. The number of methoxy groups -OCH3 is 1. The Bertz CT molecular complexity index is 1320. The third-order valence-corrected chi connectivity index (χ3v) is 9.50. The molecule has 1 aromatic heterocycles. The van der Waals surface area contributed by atoms with Gasteiger partial charge in [0.25, 0.3) is 11.8 Å². The number of nitrogens with zero attached hydrogens (tertiary/aromatic N) is 3. The predicted molar refractivity (Wildman–Crippen MR) is 169 cm³/mol. The van der Waals surface area contributed by atoms with E-state index in [1.807, 2.05) is 32.0 Å². The molecule has 9 nitrogen and oxygen atoms in total. The molecule has 2 aromatic rings. The molecule has 3 heterocycles. The second-order valence-corrected chi connectivity index (χ2v) is 13.5. The zero-order valence-corrected chi connectivity index (χ0v) is 26.6. The summed E-state index contributed by atoms with van der Waals surface area (Å²) < 4.78 is 41.6. The molecule has 3 fully saturated rings. The van der Waals surface area contributed by atoms with Gasteiger partial charge in [0.15, 0.2) is 11.6 Å². The second-order valence-electron chi connectivity index (χ2n) is 12.5. The van der Waals surface area contributed by atoms with Gasteiger partial charge >= 0.3 is 5.97 Å². The van der Waals surface area contributed by atoms with E-state index >= 15 is 0 Å².